The summed E-state index contributed by atoms with van der Waals surface area (Å²) in [6.07, 6.45) is 1.62. The van der Waals surface area contributed by atoms with E-state index in [1.165, 1.54) is 12.1 Å². The van der Waals surface area contributed by atoms with Crippen molar-refractivity contribution in [3.05, 3.63) is 55.1 Å². The first-order valence-corrected chi connectivity index (χ1v) is 9.74. The SMILES string of the molecule is C=CCOc1cccc(NS(=O)(=O)c2ccc(OCC)c(OCC)c2)c1. The van der Waals surface area contributed by atoms with Gasteiger partial charge in [-0.3, -0.25) is 4.72 Å². The molecule has 0 spiro atoms. The molecule has 2 aromatic carbocycles. The average molecular weight is 377 g/mol. The van der Waals surface area contributed by atoms with Crippen molar-refractivity contribution in [1.82, 2.24) is 0 Å². The standard InChI is InChI=1S/C19H23NO5S/c1-4-12-25-16-9-7-8-15(13-16)20-26(21,22)17-10-11-18(23-5-2)19(14-17)24-6-3/h4,7-11,13-14,20H,1,5-6,12H2,2-3H3. The average Bonchev–Trinajstić information content (AvgIpc) is 2.61. The van der Waals surface area contributed by atoms with Gasteiger partial charge in [-0.15, -0.1) is 0 Å². The molecule has 0 saturated heterocycles. The molecule has 0 aliphatic carbocycles. The molecule has 0 aliphatic rings. The van der Waals surface area contributed by atoms with E-state index in [1.54, 1.807) is 36.4 Å². The Kier molecular flexibility index (Phi) is 6.91. The first kappa shape index (κ1) is 19.7. The van der Waals surface area contributed by atoms with Gasteiger partial charge in [-0.2, -0.15) is 0 Å². The van der Waals surface area contributed by atoms with E-state index in [0.717, 1.165) is 0 Å². The molecule has 2 aromatic rings. The lowest BCUT2D eigenvalue weighted by atomic mass is 10.3. The second kappa shape index (κ2) is 9.15. The molecule has 0 radical (unpaired) electrons. The first-order chi connectivity index (χ1) is 12.5. The number of anilines is 1. The maximum atomic E-state index is 12.7. The van der Waals surface area contributed by atoms with Gasteiger partial charge in [-0.1, -0.05) is 18.7 Å². The minimum absolute atomic E-state index is 0.0850. The lowest BCUT2D eigenvalue weighted by Crippen LogP contribution is -2.13. The fraction of sp³-hybridized carbons (Fsp3) is 0.263. The summed E-state index contributed by atoms with van der Waals surface area (Å²) in [5.41, 5.74) is 0.401. The smallest absolute Gasteiger partial charge is 0.262 e. The molecule has 0 aliphatic heterocycles. The molecular formula is C19H23NO5S. The number of rotatable bonds is 10. The summed E-state index contributed by atoms with van der Waals surface area (Å²) in [5, 5.41) is 0. The Hall–Kier alpha value is -2.67. The van der Waals surface area contributed by atoms with E-state index >= 15 is 0 Å². The molecule has 0 bridgehead atoms. The van der Waals surface area contributed by atoms with Gasteiger partial charge < -0.3 is 14.2 Å². The molecular weight excluding hydrogens is 354 g/mol. The van der Waals surface area contributed by atoms with E-state index in [9.17, 15) is 8.42 Å². The van der Waals surface area contributed by atoms with E-state index in [4.69, 9.17) is 14.2 Å². The molecule has 0 aromatic heterocycles. The van der Waals surface area contributed by atoms with Crippen molar-refractivity contribution < 1.29 is 22.6 Å². The highest BCUT2D eigenvalue weighted by Crippen LogP contribution is 2.31. The van der Waals surface area contributed by atoms with Gasteiger partial charge in [-0.25, -0.2) is 8.42 Å². The van der Waals surface area contributed by atoms with Gasteiger partial charge in [0.15, 0.2) is 11.5 Å². The summed E-state index contributed by atoms with van der Waals surface area (Å²) < 4.78 is 44.3. The molecule has 140 valence electrons. The zero-order valence-electron chi connectivity index (χ0n) is 14.9. The van der Waals surface area contributed by atoms with Crippen LogP contribution in [-0.4, -0.2) is 28.2 Å². The molecule has 6 nitrogen and oxygen atoms in total. The topological polar surface area (TPSA) is 73.9 Å². The van der Waals surface area contributed by atoms with Crippen LogP contribution in [0.4, 0.5) is 5.69 Å². The summed E-state index contributed by atoms with van der Waals surface area (Å²) in [4.78, 5) is 0.0850. The predicted molar refractivity (Wildman–Crippen MR) is 102 cm³/mol. The lowest BCUT2D eigenvalue weighted by molar-refractivity contribution is 0.287. The number of sulfonamides is 1. The minimum atomic E-state index is -3.78. The van der Waals surface area contributed by atoms with Gasteiger partial charge in [0.2, 0.25) is 0 Å². The van der Waals surface area contributed by atoms with E-state index in [-0.39, 0.29) is 4.90 Å². The predicted octanol–water partition coefficient (Wildman–Crippen LogP) is 3.85. The Labute approximate surface area is 154 Å². The van der Waals surface area contributed by atoms with Crippen molar-refractivity contribution in [3.63, 3.8) is 0 Å². The quantitative estimate of drug-likeness (QED) is 0.637. The molecule has 0 heterocycles. The fourth-order valence-electron chi connectivity index (χ4n) is 2.22. The van der Waals surface area contributed by atoms with Crippen molar-refractivity contribution >= 4 is 15.7 Å². The van der Waals surface area contributed by atoms with Gasteiger partial charge in [0.1, 0.15) is 12.4 Å². The van der Waals surface area contributed by atoms with Gasteiger partial charge in [0.05, 0.1) is 23.8 Å². The Morgan fingerprint density at radius 1 is 1.00 bits per heavy atom. The highest BCUT2D eigenvalue weighted by Gasteiger charge is 2.18. The van der Waals surface area contributed by atoms with Crippen molar-refractivity contribution in [1.29, 1.82) is 0 Å². The molecule has 0 saturated carbocycles. The molecule has 7 heteroatoms. The van der Waals surface area contributed by atoms with Gasteiger partial charge in [0.25, 0.3) is 10.0 Å². The van der Waals surface area contributed by atoms with E-state index in [0.29, 0.717) is 42.8 Å². The Balaban J connectivity index is 2.26. The highest BCUT2D eigenvalue weighted by atomic mass is 32.2. The molecule has 1 N–H and O–H groups in total. The first-order valence-electron chi connectivity index (χ1n) is 8.26. The Morgan fingerprint density at radius 2 is 1.73 bits per heavy atom. The summed E-state index contributed by atoms with van der Waals surface area (Å²) in [5.74, 6) is 1.44. The van der Waals surface area contributed by atoms with Crippen LogP contribution in [0.2, 0.25) is 0 Å². The Bertz CT molecular complexity index is 849. The monoisotopic (exact) mass is 377 g/mol. The van der Waals surface area contributed by atoms with Crippen LogP contribution in [0.1, 0.15) is 13.8 Å². The van der Waals surface area contributed by atoms with Crippen molar-refractivity contribution in [2.24, 2.45) is 0 Å². The van der Waals surface area contributed by atoms with Crippen LogP contribution in [0, 0.1) is 0 Å². The molecule has 0 fully saturated rings. The van der Waals surface area contributed by atoms with Crippen LogP contribution in [0.15, 0.2) is 60.0 Å². The molecule has 2 rings (SSSR count). The molecule has 0 atom stereocenters. The van der Waals surface area contributed by atoms with Crippen LogP contribution >= 0.6 is 0 Å². The molecule has 0 amide bonds. The number of nitrogens with one attached hydrogen (secondary N) is 1. The van der Waals surface area contributed by atoms with E-state index < -0.39 is 10.0 Å². The Morgan fingerprint density at radius 3 is 2.42 bits per heavy atom. The van der Waals surface area contributed by atoms with Crippen LogP contribution < -0.4 is 18.9 Å². The highest BCUT2D eigenvalue weighted by molar-refractivity contribution is 7.92. The van der Waals surface area contributed by atoms with Crippen molar-refractivity contribution in [3.8, 4) is 17.2 Å². The molecule has 26 heavy (non-hydrogen) atoms. The number of benzene rings is 2. The van der Waals surface area contributed by atoms with Gasteiger partial charge >= 0.3 is 0 Å². The number of hydrogen-bond acceptors (Lipinski definition) is 5. The maximum absolute atomic E-state index is 12.7. The van der Waals surface area contributed by atoms with Gasteiger partial charge in [0, 0.05) is 12.1 Å². The van der Waals surface area contributed by atoms with Gasteiger partial charge in [-0.05, 0) is 38.1 Å². The fourth-order valence-corrected chi connectivity index (χ4v) is 3.28. The van der Waals surface area contributed by atoms with Crippen LogP contribution in [0.5, 0.6) is 17.2 Å². The summed E-state index contributed by atoms with van der Waals surface area (Å²) in [7, 11) is -3.78. The lowest BCUT2D eigenvalue weighted by Gasteiger charge is -2.14. The third-order valence-electron chi connectivity index (χ3n) is 3.28. The number of hydrogen-bond donors (Lipinski definition) is 1. The van der Waals surface area contributed by atoms with Crippen LogP contribution in [-0.2, 0) is 10.0 Å². The van der Waals surface area contributed by atoms with Crippen LogP contribution in [0.3, 0.4) is 0 Å². The van der Waals surface area contributed by atoms with E-state index in [1.807, 2.05) is 13.8 Å². The van der Waals surface area contributed by atoms with E-state index in [2.05, 4.69) is 11.3 Å². The minimum Gasteiger partial charge on any atom is -0.490 e. The third kappa shape index (κ3) is 5.16. The van der Waals surface area contributed by atoms with Crippen molar-refractivity contribution in [2.45, 2.75) is 18.7 Å². The second-order valence-corrected chi connectivity index (χ2v) is 6.89. The molecule has 0 unspecified atom stereocenters. The summed E-state index contributed by atoms with van der Waals surface area (Å²) in [6.45, 7) is 8.46. The maximum Gasteiger partial charge on any atom is 0.262 e. The summed E-state index contributed by atoms with van der Waals surface area (Å²) >= 11 is 0. The van der Waals surface area contributed by atoms with Crippen LogP contribution in [0.25, 0.3) is 0 Å². The number of ether oxygens (including phenoxy) is 3. The normalized spacial score (nSPS) is 10.8. The second-order valence-electron chi connectivity index (χ2n) is 5.21. The largest absolute Gasteiger partial charge is 0.490 e. The zero-order chi connectivity index (χ0) is 19.0. The summed E-state index contributed by atoms with van der Waals surface area (Å²) in [6, 6.07) is 11.2. The zero-order valence-corrected chi connectivity index (χ0v) is 15.7. The van der Waals surface area contributed by atoms with Crippen molar-refractivity contribution in [2.75, 3.05) is 24.5 Å². The third-order valence-corrected chi connectivity index (χ3v) is 4.66.